The minimum absolute atomic E-state index is 0.372. The first-order valence-electron chi connectivity index (χ1n) is 5.74. The summed E-state index contributed by atoms with van der Waals surface area (Å²) in [6.45, 7) is 2.47. The second-order valence-electron chi connectivity index (χ2n) is 3.67. The highest BCUT2D eigenvalue weighted by molar-refractivity contribution is 6.32. The molecule has 0 amide bonds. The Morgan fingerprint density at radius 3 is 2.74 bits per heavy atom. The molecular weight excluding hydrogens is 266 g/mol. The smallest absolute Gasteiger partial charge is 0.219 e. The maximum Gasteiger partial charge on any atom is 0.219 e. The monoisotopic (exact) mass is 277 g/mol. The molecule has 0 N–H and O–H groups in total. The average molecular weight is 278 g/mol. The number of aldehydes is 1. The topological polar surface area (TPSA) is 48.4 Å². The fraction of sp³-hybridized carbons (Fsp3) is 0.143. The lowest BCUT2D eigenvalue weighted by Gasteiger charge is -2.08. The van der Waals surface area contributed by atoms with E-state index in [2.05, 4.69) is 4.98 Å². The van der Waals surface area contributed by atoms with E-state index in [1.54, 1.807) is 30.3 Å². The predicted molar refractivity (Wildman–Crippen MR) is 72.3 cm³/mol. The van der Waals surface area contributed by atoms with Gasteiger partial charge in [-0.05, 0) is 25.1 Å². The third-order valence-electron chi connectivity index (χ3n) is 2.32. The van der Waals surface area contributed by atoms with Gasteiger partial charge < -0.3 is 9.47 Å². The lowest BCUT2D eigenvalue weighted by molar-refractivity contribution is 0.112. The number of hydrogen-bond donors (Lipinski definition) is 0. The zero-order chi connectivity index (χ0) is 13.7. The Kier molecular flexibility index (Phi) is 4.36. The van der Waals surface area contributed by atoms with E-state index in [1.807, 2.05) is 6.92 Å². The number of ether oxygens (including phenoxy) is 2. The minimum atomic E-state index is 0.372. The van der Waals surface area contributed by atoms with Crippen LogP contribution in [0.1, 0.15) is 17.3 Å². The summed E-state index contributed by atoms with van der Waals surface area (Å²) in [5.41, 5.74) is 0.491. The van der Waals surface area contributed by atoms with E-state index in [-0.39, 0.29) is 0 Å². The molecule has 0 saturated carbocycles. The Morgan fingerprint density at radius 2 is 2.16 bits per heavy atom. The fourth-order valence-electron chi connectivity index (χ4n) is 1.46. The van der Waals surface area contributed by atoms with E-state index in [0.29, 0.717) is 34.6 Å². The van der Waals surface area contributed by atoms with Crippen LogP contribution in [0.2, 0.25) is 5.02 Å². The zero-order valence-corrected chi connectivity index (χ0v) is 11.1. The molecule has 0 radical (unpaired) electrons. The van der Waals surface area contributed by atoms with Gasteiger partial charge in [-0.3, -0.25) is 4.79 Å². The van der Waals surface area contributed by atoms with Gasteiger partial charge >= 0.3 is 0 Å². The van der Waals surface area contributed by atoms with Gasteiger partial charge in [0.1, 0.15) is 11.5 Å². The maximum absolute atomic E-state index is 10.5. The van der Waals surface area contributed by atoms with Crippen molar-refractivity contribution in [2.45, 2.75) is 6.92 Å². The molecule has 5 heteroatoms. The number of hydrogen-bond acceptors (Lipinski definition) is 4. The van der Waals surface area contributed by atoms with Crippen LogP contribution in [0.15, 0.2) is 36.5 Å². The molecule has 0 saturated heterocycles. The molecule has 0 spiro atoms. The number of nitrogens with zero attached hydrogens (tertiary/aromatic N) is 1. The second kappa shape index (κ2) is 6.20. The summed E-state index contributed by atoms with van der Waals surface area (Å²) in [6.07, 6.45) is 2.16. The first kappa shape index (κ1) is 13.4. The molecule has 0 bridgehead atoms. The van der Waals surface area contributed by atoms with Gasteiger partial charge in [0.05, 0.1) is 11.6 Å². The molecule has 2 rings (SSSR count). The molecule has 19 heavy (non-hydrogen) atoms. The summed E-state index contributed by atoms with van der Waals surface area (Å²) in [7, 11) is 0. The third-order valence-corrected chi connectivity index (χ3v) is 2.62. The number of aromatic nitrogens is 1. The summed E-state index contributed by atoms with van der Waals surface area (Å²) in [5.74, 6) is 1.54. The van der Waals surface area contributed by atoms with Crippen molar-refractivity contribution in [1.82, 2.24) is 4.98 Å². The molecule has 0 aliphatic rings. The van der Waals surface area contributed by atoms with Crippen LogP contribution in [0.25, 0.3) is 0 Å². The molecule has 0 aliphatic heterocycles. The van der Waals surface area contributed by atoms with Crippen LogP contribution in [0.3, 0.4) is 0 Å². The molecule has 0 fully saturated rings. The molecule has 1 heterocycles. The number of halogens is 1. The van der Waals surface area contributed by atoms with Crippen molar-refractivity contribution in [3.05, 3.63) is 47.1 Å². The van der Waals surface area contributed by atoms with E-state index in [1.165, 1.54) is 6.20 Å². The largest absolute Gasteiger partial charge is 0.494 e. The molecule has 1 aromatic heterocycles. The SMILES string of the molecule is CCOc1ccc(Oc2ccc(C=O)cn2)c(Cl)c1. The van der Waals surface area contributed by atoms with Crippen molar-refractivity contribution in [1.29, 1.82) is 0 Å². The molecule has 2 aromatic rings. The summed E-state index contributed by atoms with van der Waals surface area (Å²) < 4.78 is 10.9. The van der Waals surface area contributed by atoms with Crippen LogP contribution in [0.4, 0.5) is 0 Å². The van der Waals surface area contributed by atoms with Gasteiger partial charge in [-0.15, -0.1) is 0 Å². The van der Waals surface area contributed by atoms with Crippen molar-refractivity contribution in [3.63, 3.8) is 0 Å². The maximum atomic E-state index is 10.5. The molecular formula is C14H12ClNO3. The average Bonchev–Trinajstić information content (AvgIpc) is 2.43. The van der Waals surface area contributed by atoms with E-state index in [4.69, 9.17) is 21.1 Å². The van der Waals surface area contributed by atoms with E-state index in [0.717, 1.165) is 6.29 Å². The van der Waals surface area contributed by atoms with Crippen LogP contribution in [-0.2, 0) is 0 Å². The molecule has 4 nitrogen and oxygen atoms in total. The van der Waals surface area contributed by atoms with E-state index < -0.39 is 0 Å². The van der Waals surface area contributed by atoms with Crippen molar-refractivity contribution >= 4 is 17.9 Å². The van der Waals surface area contributed by atoms with Gasteiger partial charge in [-0.1, -0.05) is 11.6 Å². The number of carbonyl (C=O) groups is 1. The Bertz CT molecular complexity index is 569. The van der Waals surface area contributed by atoms with Crippen molar-refractivity contribution in [2.24, 2.45) is 0 Å². The van der Waals surface area contributed by atoms with Crippen molar-refractivity contribution in [2.75, 3.05) is 6.61 Å². The molecule has 0 aliphatic carbocycles. The fourth-order valence-corrected chi connectivity index (χ4v) is 1.66. The second-order valence-corrected chi connectivity index (χ2v) is 4.08. The third kappa shape index (κ3) is 3.45. The Labute approximate surface area is 115 Å². The highest BCUT2D eigenvalue weighted by Gasteiger charge is 2.06. The Morgan fingerprint density at radius 1 is 1.32 bits per heavy atom. The lowest BCUT2D eigenvalue weighted by Crippen LogP contribution is -1.93. The van der Waals surface area contributed by atoms with Gasteiger partial charge in [-0.2, -0.15) is 0 Å². The summed E-state index contributed by atoms with van der Waals surface area (Å²) in [4.78, 5) is 14.5. The standard InChI is InChI=1S/C14H12ClNO3/c1-2-18-11-4-5-13(12(15)7-11)19-14-6-3-10(9-17)8-16-14/h3-9H,2H2,1H3. The van der Waals surface area contributed by atoms with Gasteiger partial charge in [0.25, 0.3) is 0 Å². The van der Waals surface area contributed by atoms with Crippen LogP contribution < -0.4 is 9.47 Å². The highest BCUT2D eigenvalue weighted by Crippen LogP contribution is 2.31. The minimum Gasteiger partial charge on any atom is -0.494 e. The highest BCUT2D eigenvalue weighted by atomic mass is 35.5. The first-order valence-corrected chi connectivity index (χ1v) is 6.12. The normalized spacial score (nSPS) is 10.0. The van der Waals surface area contributed by atoms with Gasteiger partial charge in [-0.25, -0.2) is 4.98 Å². The lowest BCUT2D eigenvalue weighted by atomic mass is 10.3. The summed E-state index contributed by atoms with van der Waals surface area (Å²) >= 11 is 6.08. The van der Waals surface area contributed by atoms with Crippen LogP contribution in [0, 0.1) is 0 Å². The van der Waals surface area contributed by atoms with Crippen LogP contribution in [-0.4, -0.2) is 17.9 Å². The van der Waals surface area contributed by atoms with Gasteiger partial charge in [0, 0.05) is 23.9 Å². The zero-order valence-electron chi connectivity index (χ0n) is 10.3. The summed E-state index contributed by atoms with van der Waals surface area (Å²) in [6, 6.07) is 8.39. The number of rotatable bonds is 5. The first-order chi connectivity index (χ1) is 9.22. The number of benzene rings is 1. The molecule has 0 atom stereocenters. The summed E-state index contributed by atoms with van der Waals surface area (Å²) in [5, 5.41) is 0.437. The van der Waals surface area contributed by atoms with E-state index in [9.17, 15) is 4.79 Å². The molecule has 98 valence electrons. The van der Waals surface area contributed by atoms with Gasteiger partial charge in [0.2, 0.25) is 5.88 Å². The van der Waals surface area contributed by atoms with Crippen LogP contribution in [0.5, 0.6) is 17.4 Å². The van der Waals surface area contributed by atoms with Gasteiger partial charge in [0.15, 0.2) is 6.29 Å². The molecule has 0 unspecified atom stereocenters. The van der Waals surface area contributed by atoms with Crippen molar-refractivity contribution in [3.8, 4) is 17.4 Å². The Balaban J connectivity index is 2.15. The number of pyridine rings is 1. The number of carbonyl (C=O) groups excluding carboxylic acids is 1. The predicted octanol–water partition coefficient (Wildman–Crippen LogP) is 3.74. The Hall–Kier alpha value is -2.07. The van der Waals surface area contributed by atoms with E-state index >= 15 is 0 Å². The quantitative estimate of drug-likeness (QED) is 0.781. The van der Waals surface area contributed by atoms with Crippen LogP contribution >= 0.6 is 11.6 Å². The molecule has 1 aromatic carbocycles. The van der Waals surface area contributed by atoms with Crippen molar-refractivity contribution < 1.29 is 14.3 Å².